The van der Waals surface area contributed by atoms with Crippen molar-refractivity contribution in [1.29, 1.82) is 0 Å². The summed E-state index contributed by atoms with van der Waals surface area (Å²) in [5.41, 5.74) is -0.221. The Labute approximate surface area is 131 Å². The third kappa shape index (κ3) is 5.18. The number of aliphatic hydroxyl groups is 1. The van der Waals surface area contributed by atoms with E-state index in [0.717, 1.165) is 5.56 Å². The second kappa shape index (κ2) is 7.45. The van der Waals surface area contributed by atoms with Gasteiger partial charge in [0.15, 0.2) is 11.6 Å². The molecule has 1 unspecified atom stereocenters. The van der Waals surface area contributed by atoms with E-state index in [1.807, 2.05) is 13.8 Å². The molecule has 0 aliphatic rings. The number of nitrogens with zero attached hydrogens (tertiary/aromatic N) is 1. The molecule has 0 spiro atoms. The normalized spacial score (nSPS) is 12.7. The van der Waals surface area contributed by atoms with Gasteiger partial charge >= 0.3 is 6.03 Å². The summed E-state index contributed by atoms with van der Waals surface area (Å²) in [4.78, 5) is 13.8. The van der Waals surface area contributed by atoms with Gasteiger partial charge in [0.05, 0.1) is 25.3 Å². The van der Waals surface area contributed by atoms with E-state index in [0.29, 0.717) is 6.54 Å². The molecule has 0 heterocycles. The summed E-state index contributed by atoms with van der Waals surface area (Å²) in [7, 11) is 1.40. The first-order chi connectivity index (χ1) is 10.2. The second-order valence-corrected chi connectivity index (χ2v) is 5.89. The minimum Gasteiger partial charge on any atom is -0.494 e. The second-order valence-electron chi connectivity index (χ2n) is 5.89. The lowest BCUT2D eigenvalue weighted by atomic mass is 10.1. The van der Waals surface area contributed by atoms with E-state index in [4.69, 9.17) is 4.74 Å². The Morgan fingerprint density at radius 2 is 2.14 bits per heavy atom. The third-order valence-corrected chi connectivity index (χ3v) is 3.26. The van der Waals surface area contributed by atoms with E-state index in [1.54, 1.807) is 26.0 Å². The highest BCUT2D eigenvalue weighted by Crippen LogP contribution is 2.22. The average Bonchev–Trinajstić information content (AvgIpc) is 2.43. The first kappa shape index (κ1) is 18.2. The predicted molar refractivity (Wildman–Crippen MR) is 83.4 cm³/mol. The lowest BCUT2D eigenvalue weighted by Gasteiger charge is -2.29. The topological polar surface area (TPSA) is 61.8 Å². The quantitative estimate of drug-likeness (QED) is 0.849. The van der Waals surface area contributed by atoms with Crippen molar-refractivity contribution in [2.24, 2.45) is 0 Å². The first-order valence-electron chi connectivity index (χ1n) is 7.29. The zero-order chi connectivity index (χ0) is 16.9. The number of amides is 2. The SMILES string of the molecule is CCN(CC(C)(C)O)C(=O)NC(C)c1ccc(F)c(OC)c1. The molecule has 6 heteroatoms. The minimum absolute atomic E-state index is 0.141. The lowest BCUT2D eigenvalue weighted by Crippen LogP contribution is -2.47. The van der Waals surface area contributed by atoms with Gasteiger partial charge in [-0.15, -0.1) is 0 Å². The molecule has 0 aliphatic carbocycles. The van der Waals surface area contributed by atoms with Crippen LogP contribution in [0.5, 0.6) is 5.75 Å². The van der Waals surface area contributed by atoms with Gasteiger partial charge in [-0.3, -0.25) is 0 Å². The fraction of sp³-hybridized carbons (Fsp3) is 0.562. The molecule has 0 saturated heterocycles. The van der Waals surface area contributed by atoms with Crippen molar-refractivity contribution in [1.82, 2.24) is 10.2 Å². The van der Waals surface area contributed by atoms with Crippen molar-refractivity contribution < 1.29 is 19.0 Å². The zero-order valence-electron chi connectivity index (χ0n) is 13.8. The molecule has 0 radical (unpaired) electrons. The Morgan fingerprint density at radius 3 is 2.64 bits per heavy atom. The molecule has 124 valence electrons. The Kier molecular flexibility index (Phi) is 6.17. The van der Waals surface area contributed by atoms with Crippen LogP contribution in [-0.2, 0) is 0 Å². The van der Waals surface area contributed by atoms with Gasteiger partial charge in [-0.25, -0.2) is 9.18 Å². The van der Waals surface area contributed by atoms with Gasteiger partial charge in [0.25, 0.3) is 0 Å². The molecule has 2 N–H and O–H groups in total. The number of halogens is 1. The van der Waals surface area contributed by atoms with E-state index in [9.17, 15) is 14.3 Å². The Balaban J connectivity index is 2.78. The van der Waals surface area contributed by atoms with E-state index < -0.39 is 11.4 Å². The maximum atomic E-state index is 13.4. The van der Waals surface area contributed by atoms with Crippen molar-refractivity contribution in [3.8, 4) is 5.75 Å². The number of likely N-dealkylation sites (N-methyl/N-ethyl adjacent to an activating group) is 1. The van der Waals surface area contributed by atoms with Crippen LogP contribution >= 0.6 is 0 Å². The molecule has 1 aromatic rings. The number of ether oxygens (including phenoxy) is 1. The summed E-state index contributed by atoms with van der Waals surface area (Å²) in [6.07, 6.45) is 0. The fourth-order valence-corrected chi connectivity index (χ4v) is 2.10. The number of nitrogens with one attached hydrogen (secondary N) is 1. The summed E-state index contributed by atoms with van der Waals surface area (Å²) in [6, 6.07) is 3.89. The van der Waals surface area contributed by atoms with Crippen LogP contribution in [0.3, 0.4) is 0 Å². The number of hydrogen-bond acceptors (Lipinski definition) is 3. The maximum absolute atomic E-state index is 13.4. The number of carbonyl (C=O) groups is 1. The van der Waals surface area contributed by atoms with Crippen LogP contribution in [0.25, 0.3) is 0 Å². The fourth-order valence-electron chi connectivity index (χ4n) is 2.10. The monoisotopic (exact) mass is 312 g/mol. The Morgan fingerprint density at radius 1 is 1.50 bits per heavy atom. The van der Waals surface area contributed by atoms with E-state index >= 15 is 0 Å². The van der Waals surface area contributed by atoms with Crippen molar-refractivity contribution in [3.05, 3.63) is 29.6 Å². The molecule has 2 amide bonds. The highest BCUT2D eigenvalue weighted by molar-refractivity contribution is 5.74. The minimum atomic E-state index is -0.963. The zero-order valence-corrected chi connectivity index (χ0v) is 13.8. The van der Waals surface area contributed by atoms with Crippen LogP contribution in [0.2, 0.25) is 0 Å². The largest absolute Gasteiger partial charge is 0.494 e. The first-order valence-corrected chi connectivity index (χ1v) is 7.29. The van der Waals surface area contributed by atoms with E-state index in [1.165, 1.54) is 18.1 Å². The number of hydrogen-bond donors (Lipinski definition) is 2. The molecule has 1 rings (SSSR count). The molecule has 22 heavy (non-hydrogen) atoms. The van der Waals surface area contributed by atoms with Gasteiger partial charge in [0.1, 0.15) is 0 Å². The highest BCUT2D eigenvalue weighted by atomic mass is 19.1. The van der Waals surface area contributed by atoms with Crippen molar-refractivity contribution in [2.75, 3.05) is 20.2 Å². The number of methoxy groups -OCH3 is 1. The van der Waals surface area contributed by atoms with E-state index in [2.05, 4.69) is 5.32 Å². The van der Waals surface area contributed by atoms with Crippen LogP contribution in [0.1, 0.15) is 39.3 Å². The molecule has 1 aromatic carbocycles. The molecule has 5 nitrogen and oxygen atoms in total. The smallest absolute Gasteiger partial charge is 0.317 e. The predicted octanol–water partition coefficient (Wildman–Crippen LogP) is 2.70. The van der Waals surface area contributed by atoms with Crippen LogP contribution < -0.4 is 10.1 Å². The maximum Gasteiger partial charge on any atom is 0.317 e. The van der Waals surface area contributed by atoms with Gasteiger partial charge in [-0.1, -0.05) is 6.07 Å². The summed E-state index contributed by atoms with van der Waals surface area (Å²) >= 11 is 0. The lowest BCUT2D eigenvalue weighted by molar-refractivity contribution is 0.0476. The van der Waals surface area contributed by atoms with Crippen LogP contribution in [0, 0.1) is 5.82 Å². The molecule has 0 bridgehead atoms. The van der Waals surface area contributed by atoms with Gasteiger partial charge in [-0.05, 0) is 45.4 Å². The molecular weight excluding hydrogens is 287 g/mol. The number of carbonyl (C=O) groups excluding carboxylic acids is 1. The molecule has 0 aromatic heterocycles. The summed E-state index contributed by atoms with van der Waals surface area (Å²) in [5.74, 6) is -0.301. The third-order valence-electron chi connectivity index (χ3n) is 3.26. The number of urea groups is 1. The summed E-state index contributed by atoms with van der Waals surface area (Å²) < 4.78 is 18.4. The average molecular weight is 312 g/mol. The summed E-state index contributed by atoms with van der Waals surface area (Å²) in [6.45, 7) is 7.66. The van der Waals surface area contributed by atoms with Crippen molar-refractivity contribution in [3.63, 3.8) is 0 Å². The molecular formula is C16H25FN2O3. The molecule has 0 aliphatic heterocycles. The molecule has 0 fully saturated rings. The standard InChI is InChI=1S/C16H25FN2O3/c1-6-19(10-16(3,4)21)15(20)18-11(2)12-7-8-13(17)14(9-12)22-5/h7-9,11,21H,6,10H2,1-5H3,(H,18,20). The highest BCUT2D eigenvalue weighted by Gasteiger charge is 2.22. The van der Waals surface area contributed by atoms with Crippen LogP contribution in [-0.4, -0.2) is 41.8 Å². The van der Waals surface area contributed by atoms with Crippen LogP contribution in [0.15, 0.2) is 18.2 Å². The number of rotatable bonds is 6. The molecule has 1 atom stereocenters. The van der Waals surface area contributed by atoms with Crippen molar-refractivity contribution in [2.45, 2.75) is 39.3 Å². The molecule has 0 saturated carbocycles. The number of benzene rings is 1. The Bertz CT molecular complexity index is 515. The van der Waals surface area contributed by atoms with Gasteiger partial charge < -0.3 is 20.1 Å². The van der Waals surface area contributed by atoms with Gasteiger partial charge in [-0.2, -0.15) is 0 Å². The van der Waals surface area contributed by atoms with Gasteiger partial charge in [0.2, 0.25) is 0 Å². The van der Waals surface area contributed by atoms with Crippen LogP contribution in [0.4, 0.5) is 9.18 Å². The van der Waals surface area contributed by atoms with Crippen molar-refractivity contribution >= 4 is 6.03 Å². The van der Waals surface area contributed by atoms with E-state index in [-0.39, 0.29) is 24.4 Å². The van der Waals surface area contributed by atoms with Gasteiger partial charge in [0, 0.05) is 6.54 Å². The Hall–Kier alpha value is -1.82. The summed E-state index contributed by atoms with van der Waals surface area (Å²) in [5, 5.41) is 12.7.